The predicted octanol–water partition coefficient (Wildman–Crippen LogP) is 2.76. The van der Waals surface area contributed by atoms with Crippen molar-refractivity contribution < 1.29 is 37.4 Å². The minimum atomic E-state index is -1.30. The van der Waals surface area contributed by atoms with Gasteiger partial charge in [0.1, 0.15) is 5.82 Å². The van der Waals surface area contributed by atoms with Gasteiger partial charge in [-0.05, 0) is 36.0 Å². The molecule has 1 saturated heterocycles. The molecule has 38 heavy (non-hydrogen) atoms. The molecule has 1 aliphatic heterocycles. The van der Waals surface area contributed by atoms with Crippen molar-refractivity contribution in [3.63, 3.8) is 0 Å². The largest absolute Gasteiger partial charge is 0.479 e. The Morgan fingerprint density at radius 3 is 2.55 bits per heavy atom. The molecule has 1 aliphatic carbocycles. The van der Waals surface area contributed by atoms with Gasteiger partial charge in [0.25, 0.3) is 5.91 Å². The summed E-state index contributed by atoms with van der Waals surface area (Å²) in [5, 5.41) is 11.4. The predicted molar refractivity (Wildman–Crippen MR) is 137 cm³/mol. The standard InChI is InChI=1S/C26H32F3N3O5S/c1-14(2)23(26(35)36)37-18-5-3-15(4-6-18)13-31-24(34)25-32(7-8-38-25)22(33)11-17(30)9-16-10-20(28)21(29)12-19(16)27/h3-5,10,12,14,17-18,23,25H,6-9,11,13,30H2,1-2H3,(H,31,34)(H,35,36)/t17-,18?,23+,25-/m1/s1. The second kappa shape index (κ2) is 13.3. The number of ether oxygens (including phenoxy) is 1. The quantitative estimate of drug-likeness (QED) is 0.359. The van der Waals surface area contributed by atoms with Gasteiger partial charge in [-0.1, -0.05) is 32.1 Å². The Labute approximate surface area is 223 Å². The van der Waals surface area contributed by atoms with Crippen LogP contribution >= 0.6 is 11.8 Å². The number of carbonyl (C=O) groups excluding carboxylic acids is 2. The summed E-state index contributed by atoms with van der Waals surface area (Å²) >= 11 is 1.31. The van der Waals surface area contributed by atoms with Crippen LogP contribution in [0.4, 0.5) is 13.2 Å². The number of nitrogens with two attached hydrogens (primary N) is 1. The van der Waals surface area contributed by atoms with E-state index in [2.05, 4.69) is 5.32 Å². The van der Waals surface area contributed by atoms with Gasteiger partial charge in [-0.3, -0.25) is 9.59 Å². The lowest BCUT2D eigenvalue weighted by Gasteiger charge is -2.25. The molecule has 208 valence electrons. The van der Waals surface area contributed by atoms with Crippen LogP contribution in [0.25, 0.3) is 0 Å². The van der Waals surface area contributed by atoms with Crippen molar-refractivity contribution >= 4 is 29.5 Å². The van der Waals surface area contributed by atoms with Crippen molar-refractivity contribution in [1.29, 1.82) is 0 Å². The SMILES string of the molecule is CC(C)[C@H](OC1C=CC(CNC(=O)[C@H]2SCCN2C(=O)C[C@H](N)Cc2cc(F)c(F)cc2F)=CC1)C(=O)O. The highest BCUT2D eigenvalue weighted by Gasteiger charge is 2.35. The lowest BCUT2D eigenvalue weighted by molar-refractivity contribution is -0.156. The van der Waals surface area contributed by atoms with Crippen LogP contribution in [0.5, 0.6) is 0 Å². The average molecular weight is 556 g/mol. The van der Waals surface area contributed by atoms with Gasteiger partial charge in [0.05, 0.1) is 6.10 Å². The third-order valence-corrected chi connectivity index (χ3v) is 7.42. The van der Waals surface area contributed by atoms with Crippen molar-refractivity contribution in [3.05, 3.63) is 58.9 Å². The molecule has 1 fully saturated rings. The minimum Gasteiger partial charge on any atom is -0.479 e. The number of hydrogen-bond donors (Lipinski definition) is 3. The molecule has 1 aromatic carbocycles. The zero-order valence-corrected chi connectivity index (χ0v) is 22.0. The van der Waals surface area contributed by atoms with Gasteiger partial charge in [-0.25, -0.2) is 18.0 Å². The number of carbonyl (C=O) groups is 3. The smallest absolute Gasteiger partial charge is 0.333 e. The number of benzene rings is 1. The zero-order valence-electron chi connectivity index (χ0n) is 21.2. The molecule has 1 aromatic rings. The maximum Gasteiger partial charge on any atom is 0.333 e. The molecule has 1 unspecified atom stereocenters. The lowest BCUT2D eigenvalue weighted by Crippen LogP contribution is -2.46. The van der Waals surface area contributed by atoms with Crippen LogP contribution in [0, 0.1) is 23.4 Å². The molecule has 0 aromatic heterocycles. The maximum atomic E-state index is 13.9. The molecule has 8 nitrogen and oxygen atoms in total. The molecule has 0 bridgehead atoms. The van der Waals surface area contributed by atoms with E-state index in [9.17, 15) is 32.7 Å². The van der Waals surface area contributed by atoms with Crippen molar-refractivity contribution in [3.8, 4) is 0 Å². The van der Waals surface area contributed by atoms with E-state index in [0.717, 1.165) is 11.6 Å². The van der Waals surface area contributed by atoms with Crippen LogP contribution in [-0.2, 0) is 25.5 Å². The van der Waals surface area contributed by atoms with Crippen LogP contribution < -0.4 is 11.1 Å². The first kappa shape index (κ1) is 29.7. The molecular weight excluding hydrogens is 523 g/mol. The second-order valence-corrected chi connectivity index (χ2v) is 10.8. The number of amides is 2. The van der Waals surface area contributed by atoms with Gasteiger partial charge >= 0.3 is 5.97 Å². The van der Waals surface area contributed by atoms with Crippen molar-refractivity contribution in [2.24, 2.45) is 11.7 Å². The number of thioether (sulfide) groups is 1. The van der Waals surface area contributed by atoms with E-state index in [1.807, 2.05) is 6.08 Å². The van der Waals surface area contributed by atoms with E-state index in [0.29, 0.717) is 24.8 Å². The Morgan fingerprint density at radius 1 is 1.21 bits per heavy atom. The fourth-order valence-corrected chi connectivity index (χ4v) is 5.36. The number of halogens is 3. The summed E-state index contributed by atoms with van der Waals surface area (Å²) in [5.41, 5.74) is 6.69. The monoisotopic (exact) mass is 555 g/mol. The Balaban J connectivity index is 1.48. The van der Waals surface area contributed by atoms with Crippen molar-refractivity contribution in [2.75, 3.05) is 18.8 Å². The number of nitrogens with one attached hydrogen (secondary N) is 1. The first-order chi connectivity index (χ1) is 18.0. The summed E-state index contributed by atoms with van der Waals surface area (Å²) in [4.78, 5) is 38.4. The highest BCUT2D eigenvalue weighted by atomic mass is 32.2. The normalized spacial score (nSPS) is 20.8. The highest BCUT2D eigenvalue weighted by molar-refractivity contribution is 8.00. The van der Waals surface area contributed by atoms with E-state index in [4.69, 9.17) is 10.5 Å². The summed E-state index contributed by atoms with van der Waals surface area (Å²) in [6.07, 6.45) is 4.23. The summed E-state index contributed by atoms with van der Waals surface area (Å²) < 4.78 is 46.2. The van der Waals surface area contributed by atoms with Gasteiger partial charge in [-0.15, -0.1) is 11.8 Å². The lowest BCUT2D eigenvalue weighted by atomic mass is 10.0. The molecule has 3 rings (SSSR count). The fraction of sp³-hybridized carbons (Fsp3) is 0.500. The summed E-state index contributed by atoms with van der Waals surface area (Å²) in [7, 11) is 0. The molecule has 4 atom stereocenters. The maximum absolute atomic E-state index is 13.9. The first-order valence-corrected chi connectivity index (χ1v) is 13.3. The Bertz CT molecular complexity index is 1110. The van der Waals surface area contributed by atoms with Crippen LogP contribution in [0.2, 0.25) is 0 Å². The highest BCUT2D eigenvalue weighted by Crippen LogP contribution is 2.26. The summed E-state index contributed by atoms with van der Waals surface area (Å²) in [6.45, 7) is 4.12. The fourth-order valence-electron chi connectivity index (χ4n) is 4.20. The van der Waals surface area contributed by atoms with E-state index >= 15 is 0 Å². The second-order valence-electron chi connectivity index (χ2n) is 9.61. The molecule has 1 heterocycles. The Morgan fingerprint density at radius 2 is 1.92 bits per heavy atom. The van der Waals surface area contributed by atoms with Gasteiger partial charge in [0, 0.05) is 37.4 Å². The number of rotatable bonds is 11. The minimum absolute atomic E-state index is 0.126. The van der Waals surface area contributed by atoms with E-state index in [1.165, 1.54) is 16.7 Å². The number of carboxylic acid groups (broad SMARTS) is 1. The van der Waals surface area contributed by atoms with Crippen LogP contribution in [0.3, 0.4) is 0 Å². The van der Waals surface area contributed by atoms with Gasteiger partial charge < -0.3 is 25.8 Å². The molecule has 0 radical (unpaired) electrons. The van der Waals surface area contributed by atoms with Gasteiger partial charge in [0.2, 0.25) is 5.91 Å². The summed E-state index contributed by atoms with van der Waals surface area (Å²) in [6, 6.07) is 0.327. The molecular formula is C26H32F3N3O5S. The number of nitrogens with zero attached hydrogens (tertiary/aromatic N) is 1. The summed E-state index contributed by atoms with van der Waals surface area (Å²) in [5.74, 6) is -4.81. The van der Waals surface area contributed by atoms with E-state index < -0.39 is 40.9 Å². The average Bonchev–Trinajstić information content (AvgIpc) is 3.35. The number of hydrogen-bond acceptors (Lipinski definition) is 6. The van der Waals surface area contributed by atoms with E-state index in [1.54, 1.807) is 26.0 Å². The molecule has 4 N–H and O–H groups in total. The molecule has 2 amide bonds. The van der Waals surface area contributed by atoms with Crippen molar-refractivity contribution in [2.45, 2.75) is 56.7 Å². The van der Waals surface area contributed by atoms with Crippen molar-refractivity contribution in [1.82, 2.24) is 10.2 Å². The zero-order chi connectivity index (χ0) is 28.0. The molecule has 0 spiro atoms. The Kier molecular flexibility index (Phi) is 10.4. The number of aliphatic carboxylic acids is 1. The molecule has 2 aliphatic rings. The Hall–Kier alpha value is -2.83. The van der Waals surface area contributed by atoms with Gasteiger partial charge in [0.15, 0.2) is 23.1 Å². The van der Waals surface area contributed by atoms with Crippen LogP contribution in [-0.4, -0.2) is 70.3 Å². The van der Waals surface area contributed by atoms with E-state index in [-0.39, 0.29) is 48.8 Å². The van der Waals surface area contributed by atoms with Gasteiger partial charge in [-0.2, -0.15) is 0 Å². The third-order valence-electron chi connectivity index (χ3n) is 6.22. The van der Waals surface area contributed by atoms with Crippen LogP contribution in [0.1, 0.15) is 32.3 Å². The first-order valence-electron chi connectivity index (χ1n) is 12.3. The molecule has 0 saturated carbocycles. The third kappa shape index (κ3) is 7.84. The number of carboxylic acids is 1. The topological polar surface area (TPSA) is 122 Å². The molecule has 12 heteroatoms. The van der Waals surface area contributed by atoms with Crippen LogP contribution in [0.15, 0.2) is 35.9 Å².